The maximum Gasteiger partial charge on any atom is 0.242 e. The van der Waals surface area contributed by atoms with Gasteiger partial charge in [0, 0.05) is 23.9 Å². The maximum atomic E-state index is 13.8. The van der Waals surface area contributed by atoms with Crippen LogP contribution < -0.4 is 5.32 Å². The van der Waals surface area contributed by atoms with Gasteiger partial charge in [0.1, 0.15) is 11.9 Å². The Morgan fingerprint density at radius 2 is 1.76 bits per heavy atom. The van der Waals surface area contributed by atoms with E-state index in [9.17, 15) is 14.0 Å². The number of halogens is 2. The third kappa shape index (κ3) is 6.75. The maximum absolute atomic E-state index is 13.8. The lowest BCUT2D eigenvalue weighted by Gasteiger charge is -2.30. The molecule has 0 saturated carbocycles. The van der Waals surface area contributed by atoms with Gasteiger partial charge in [0.15, 0.2) is 0 Å². The first kappa shape index (κ1) is 23.2. The van der Waals surface area contributed by atoms with Gasteiger partial charge in [-0.2, -0.15) is 0 Å². The fourth-order valence-corrected chi connectivity index (χ4v) is 4.06. The molecule has 4 nitrogen and oxygen atoms in total. The van der Waals surface area contributed by atoms with Gasteiger partial charge in [-0.3, -0.25) is 9.59 Å². The Morgan fingerprint density at radius 3 is 2.38 bits per heavy atom. The van der Waals surface area contributed by atoms with Gasteiger partial charge in [0.2, 0.25) is 11.8 Å². The fraction of sp³-hybridized carbons (Fsp3) is 0.364. The van der Waals surface area contributed by atoms with Crippen LogP contribution in [0.4, 0.5) is 4.39 Å². The van der Waals surface area contributed by atoms with E-state index >= 15 is 0 Å². The van der Waals surface area contributed by atoms with Crippen molar-refractivity contribution >= 4 is 35.2 Å². The molecule has 0 aliphatic carbocycles. The summed E-state index contributed by atoms with van der Waals surface area (Å²) in [7, 11) is 0. The first-order valence-corrected chi connectivity index (χ1v) is 11.1. The summed E-state index contributed by atoms with van der Waals surface area (Å²) < 4.78 is 13.8. The molecular formula is C22H26ClFN2O2S. The molecule has 0 aliphatic heterocycles. The van der Waals surface area contributed by atoms with E-state index in [1.165, 1.54) is 17.8 Å². The summed E-state index contributed by atoms with van der Waals surface area (Å²) in [4.78, 5) is 27.1. The molecule has 0 heterocycles. The van der Waals surface area contributed by atoms with E-state index in [2.05, 4.69) is 5.32 Å². The molecule has 2 aromatic carbocycles. The average Bonchev–Trinajstić information content (AvgIpc) is 2.70. The van der Waals surface area contributed by atoms with Gasteiger partial charge < -0.3 is 10.2 Å². The van der Waals surface area contributed by atoms with E-state index in [-0.39, 0.29) is 29.9 Å². The normalized spacial score (nSPS) is 11.7. The molecule has 2 amide bonds. The minimum absolute atomic E-state index is 0.148. The topological polar surface area (TPSA) is 49.4 Å². The minimum Gasteiger partial charge on any atom is -0.355 e. The Hall–Kier alpha value is -2.05. The summed E-state index contributed by atoms with van der Waals surface area (Å²) in [5.74, 6) is -0.113. The Kier molecular flexibility index (Phi) is 9.48. The van der Waals surface area contributed by atoms with E-state index in [1.807, 2.05) is 32.0 Å². The van der Waals surface area contributed by atoms with Gasteiger partial charge in [0.05, 0.1) is 5.75 Å². The molecule has 156 valence electrons. The zero-order chi connectivity index (χ0) is 21.2. The van der Waals surface area contributed by atoms with Gasteiger partial charge in [-0.15, -0.1) is 11.8 Å². The van der Waals surface area contributed by atoms with E-state index in [1.54, 1.807) is 29.2 Å². The van der Waals surface area contributed by atoms with Gasteiger partial charge in [0.25, 0.3) is 0 Å². The zero-order valence-electron chi connectivity index (χ0n) is 16.7. The third-order valence-electron chi connectivity index (χ3n) is 4.48. The van der Waals surface area contributed by atoms with Crippen LogP contribution in [0.3, 0.4) is 0 Å². The Morgan fingerprint density at radius 1 is 1.10 bits per heavy atom. The number of carbonyl (C=O) groups excluding carboxylic acids is 2. The Balaban J connectivity index is 2.14. The van der Waals surface area contributed by atoms with E-state index in [0.29, 0.717) is 29.3 Å². The molecule has 0 spiro atoms. The SMILES string of the molecule is CCNC(=O)C(CC)N(Cc1ccccc1Cl)C(=O)CSCc1ccccc1F. The second kappa shape index (κ2) is 11.8. The van der Waals surface area contributed by atoms with Crippen molar-refractivity contribution in [2.75, 3.05) is 12.3 Å². The van der Waals surface area contributed by atoms with Gasteiger partial charge in [-0.25, -0.2) is 4.39 Å². The lowest BCUT2D eigenvalue weighted by molar-refractivity contribution is -0.139. The number of amides is 2. The molecule has 7 heteroatoms. The number of carbonyl (C=O) groups is 2. The molecule has 1 unspecified atom stereocenters. The summed E-state index contributed by atoms with van der Waals surface area (Å²) >= 11 is 7.61. The van der Waals surface area contributed by atoms with E-state index < -0.39 is 6.04 Å². The van der Waals surface area contributed by atoms with Crippen LogP contribution in [0.5, 0.6) is 0 Å². The smallest absolute Gasteiger partial charge is 0.242 e. The minimum atomic E-state index is -0.590. The summed E-state index contributed by atoms with van der Waals surface area (Å²) in [5.41, 5.74) is 1.34. The van der Waals surface area contributed by atoms with Crippen LogP contribution in [0.2, 0.25) is 5.02 Å². The molecule has 2 rings (SSSR count). The van der Waals surface area contributed by atoms with Crippen molar-refractivity contribution in [3.8, 4) is 0 Å². The first-order chi connectivity index (χ1) is 14.0. The van der Waals surface area contributed by atoms with Crippen LogP contribution in [-0.4, -0.2) is 35.1 Å². The van der Waals surface area contributed by atoms with Crippen molar-refractivity contribution in [1.29, 1.82) is 0 Å². The number of rotatable bonds is 10. The molecule has 0 fully saturated rings. The van der Waals surface area contributed by atoms with Crippen LogP contribution >= 0.6 is 23.4 Å². The van der Waals surface area contributed by atoms with Crippen molar-refractivity contribution in [3.63, 3.8) is 0 Å². The number of likely N-dealkylation sites (N-methyl/N-ethyl adjacent to an activating group) is 1. The second-order valence-corrected chi connectivity index (χ2v) is 7.91. The van der Waals surface area contributed by atoms with Gasteiger partial charge >= 0.3 is 0 Å². The number of thioether (sulfide) groups is 1. The van der Waals surface area contributed by atoms with Crippen molar-refractivity contribution in [2.24, 2.45) is 0 Å². The molecular weight excluding hydrogens is 411 g/mol. The van der Waals surface area contributed by atoms with Crippen LogP contribution in [0.15, 0.2) is 48.5 Å². The fourth-order valence-electron chi connectivity index (χ4n) is 2.97. The van der Waals surface area contributed by atoms with E-state index in [4.69, 9.17) is 11.6 Å². The number of nitrogens with one attached hydrogen (secondary N) is 1. The molecule has 1 atom stereocenters. The highest BCUT2D eigenvalue weighted by molar-refractivity contribution is 7.99. The molecule has 0 aliphatic rings. The third-order valence-corrected chi connectivity index (χ3v) is 5.81. The summed E-state index contributed by atoms with van der Waals surface area (Å²) in [6.45, 7) is 4.45. The van der Waals surface area contributed by atoms with Crippen molar-refractivity contribution in [2.45, 2.75) is 38.6 Å². The van der Waals surface area contributed by atoms with Crippen molar-refractivity contribution < 1.29 is 14.0 Å². The molecule has 2 aromatic rings. The van der Waals surface area contributed by atoms with Crippen LogP contribution in [0.1, 0.15) is 31.4 Å². The van der Waals surface area contributed by atoms with E-state index in [0.717, 1.165) is 5.56 Å². The van der Waals surface area contributed by atoms with Gasteiger partial charge in [-0.1, -0.05) is 54.9 Å². The van der Waals surface area contributed by atoms with Gasteiger partial charge in [-0.05, 0) is 36.6 Å². The highest BCUT2D eigenvalue weighted by Gasteiger charge is 2.28. The highest BCUT2D eigenvalue weighted by atomic mass is 35.5. The lowest BCUT2D eigenvalue weighted by atomic mass is 10.1. The second-order valence-electron chi connectivity index (χ2n) is 6.52. The Bertz CT molecular complexity index is 834. The average molecular weight is 437 g/mol. The molecule has 1 N–H and O–H groups in total. The number of benzene rings is 2. The Labute approximate surface area is 180 Å². The summed E-state index contributed by atoms with van der Waals surface area (Å²) in [6, 6.07) is 13.2. The number of hydrogen-bond acceptors (Lipinski definition) is 3. The zero-order valence-corrected chi connectivity index (χ0v) is 18.2. The lowest BCUT2D eigenvalue weighted by Crippen LogP contribution is -2.49. The molecule has 0 bridgehead atoms. The van der Waals surface area contributed by atoms with Crippen molar-refractivity contribution in [1.82, 2.24) is 10.2 Å². The highest BCUT2D eigenvalue weighted by Crippen LogP contribution is 2.22. The quantitative estimate of drug-likeness (QED) is 0.589. The predicted octanol–water partition coefficient (Wildman–Crippen LogP) is 4.66. The standard InChI is InChI=1S/C22H26ClFN2O2S/c1-3-20(22(28)25-4-2)26(13-16-9-5-7-11-18(16)23)21(27)15-29-14-17-10-6-8-12-19(17)24/h5-12,20H,3-4,13-15H2,1-2H3,(H,25,28). The number of nitrogens with zero attached hydrogens (tertiary/aromatic N) is 1. The molecule has 0 saturated heterocycles. The number of hydrogen-bond donors (Lipinski definition) is 1. The molecule has 0 aromatic heterocycles. The van der Waals surface area contributed by atoms with Crippen LogP contribution in [0, 0.1) is 5.82 Å². The summed E-state index contributed by atoms with van der Waals surface area (Å²) in [6.07, 6.45) is 0.486. The largest absolute Gasteiger partial charge is 0.355 e. The monoisotopic (exact) mass is 436 g/mol. The predicted molar refractivity (Wildman–Crippen MR) is 117 cm³/mol. The first-order valence-electron chi connectivity index (χ1n) is 9.59. The van der Waals surface area contributed by atoms with Crippen LogP contribution in [-0.2, 0) is 21.9 Å². The molecule has 0 radical (unpaired) electrons. The van der Waals surface area contributed by atoms with Crippen LogP contribution in [0.25, 0.3) is 0 Å². The van der Waals surface area contributed by atoms with Crippen molar-refractivity contribution in [3.05, 3.63) is 70.5 Å². The molecule has 29 heavy (non-hydrogen) atoms. The summed E-state index contributed by atoms with van der Waals surface area (Å²) in [5, 5.41) is 3.35.